The van der Waals surface area contributed by atoms with Gasteiger partial charge in [0.05, 0.1) is 14.5 Å². The molecule has 2 rings (SSSR count). The van der Waals surface area contributed by atoms with Gasteiger partial charge in [0.15, 0.2) is 5.78 Å². The molecule has 0 bridgehead atoms. The number of aryl methyl sites for hydroxylation is 1. The van der Waals surface area contributed by atoms with Gasteiger partial charge in [-0.05, 0) is 38.1 Å². The molecule has 1 nitrogen and oxygen atoms in total. The Morgan fingerprint density at radius 3 is 2.44 bits per heavy atom. The van der Waals surface area contributed by atoms with Crippen LogP contribution in [-0.4, -0.2) is 11.0 Å². The van der Waals surface area contributed by atoms with Crippen LogP contribution in [-0.2, 0) is 0 Å². The number of hydrogen-bond acceptors (Lipinski definition) is 3. The normalized spacial score (nSPS) is 12.4. The number of carbonyl (C=O) groups is 1. The van der Waals surface area contributed by atoms with Crippen molar-refractivity contribution >= 4 is 40.5 Å². The summed E-state index contributed by atoms with van der Waals surface area (Å²) in [6.45, 7) is 3.98. The Labute approximate surface area is 120 Å². The Morgan fingerprint density at radius 2 is 1.89 bits per heavy atom. The van der Waals surface area contributed by atoms with Crippen LogP contribution in [0, 0.1) is 6.92 Å². The van der Waals surface area contributed by atoms with Crippen molar-refractivity contribution in [3.8, 4) is 0 Å². The first-order valence-corrected chi connectivity index (χ1v) is 7.66. The lowest BCUT2D eigenvalue weighted by molar-refractivity contribution is 0.0998. The lowest BCUT2D eigenvalue weighted by Gasteiger charge is -2.09. The minimum absolute atomic E-state index is 0.0950. The number of hydrogen-bond donors (Lipinski definition) is 0. The topological polar surface area (TPSA) is 17.1 Å². The molecule has 0 spiro atoms. The molecule has 18 heavy (non-hydrogen) atoms. The van der Waals surface area contributed by atoms with E-state index in [1.54, 1.807) is 23.9 Å². The average Bonchev–Trinajstić information content (AvgIpc) is 2.78. The fourth-order valence-corrected chi connectivity index (χ4v) is 3.60. The molecule has 1 heterocycles. The van der Waals surface area contributed by atoms with Crippen molar-refractivity contribution in [2.45, 2.75) is 24.0 Å². The zero-order chi connectivity index (χ0) is 13.1. The monoisotopic (exact) mass is 296 g/mol. The lowest BCUT2D eigenvalue weighted by atomic mass is 10.2. The van der Waals surface area contributed by atoms with E-state index in [4.69, 9.17) is 11.6 Å². The molecule has 0 saturated carbocycles. The van der Waals surface area contributed by atoms with Gasteiger partial charge < -0.3 is 0 Å². The summed E-state index contributed by atoms with van der Waals surface area (Å²) in [6.07, 6.45) is 0. The van der Waals surface area contributed by atoms with Crippen LogP contribution in [0.15, 0.2) is 41.3 Å². The molecule has 4 heteroatoms. The van der Waals surface area contributed by atoms with Crippen molar-refractivity contribution in [3.63, 3.8) is 0 Å². The van der Waals surface area contributed by atoms with Gasteiger partial charge in [0.1, 0.15) is 0 Å². The Kier molecular flexibility index (Phi) is 4.49. The fourth-order valence-electron chi connectivity index (χ4n) is 1.52. The molecule has 0 fully saturated rings. The van der Waals surface area contributed by atoms with Crippen LogP contribution in [0.1, 0.15) is 22.2 Å². The molecule has 0 aliphatic rings. The maximum Gasteiger partial charge on any atom is 0.185 e. The molecule has 2 aromatic rings. The Morgan fingerprint density at radius 1 is 1.22 bits per heavy atom. The van der Waals surface area contributed by atoms with Gasteiger partial charge in [-0.1, -0.05) is 29.3 Å². The summed E-state index contributed by atoms with van der Waals surface area (Å²) >= 11 is 8.76. The molecule has 1 aromatic carbocycles. The molecule has 0 amide bonds. The molecule has 0 aliphatic carbocycles. The molecule has 94 valence electrons. The van der Waals surface area contributed by atoms with Crippen LogP contribution in [0.4, 0.5) is 0 Å². The number of thiophene rings is 1. The molecule has 1 aromatic heterocycles. The van der Waals surface area contributed by atoms with Crippen molar-refractivity contribution in [1.29, 1.82) is 0 Å². The minimum atomic E-state index is -0.0950. The molecular formula is C14H13ClOS2. The van der Waals surface area contributed by atoms with E-state index in [1.165, 1.54) is 16.9 Å². The van der Waals surface area contributed by atoms with Crippen molar-refractivity contribution < 1.29 is 4.79 Å². The highest BCUT2D eigenvalue weighted by molar-refractivity contribution is 8.00. The van der Waals surface area contributed by atoms with Gasteiger partial charge in [-0.2, -0.15) is 0 Å². The summed E-state index contributed by atoms with van der Waals surface area (Å²) in [4.78, 5) is 14.0. The third-order valence-electron chi connectivity index (χ3n) is 2.52. The first-order chi connectivity index (χ1) is 8.56. The van der Waals surface area contributed by atoms with Gasteiger partial charge in [-0.25, -0.2) is 0 Å². The second-order valence-corrected chi connectivity index (χ2v) is 7.17. The van der Waals surface area contributed by atoms with Crippen molar-refractivity contribution in [2.24, 2.45) is 0 Å². The highest BCUT2D eigenvalue weighted by Gasteiger charge is 2.18. The molecular weight excluding hydrogens is 284 g/mol. The smallest absolute Gasteiger partial charge is 0.185 e. The maximum atomic E-state index is 12.2. The third-order valence-corrected chi connectivity index (χ3v) is 4.88. The number of carbonyl (C=O) groups excluding carboxylic acids is 1. The molecule has 1 atom stereocenters. The van der Waals surface area contributed by atoms with E-state index in [0.29, 0.717) is 4.34 Å². The van der Waals surface area contributed by atoms with Gasteiger partial charge >= 0.3 is 0 Å². The van der Waals surface area contributed by atoms with Crippen LogP contribution in [0.5, 0.6) is 0 Å². The van der Waals surface area contributed by atoms with Gasteiger partial charge in [0, 0.05) is 4.90 Å². The standard InChI is InChI=1S/C14H13ClOS2/c1-9-3-5-11(6-4-9)17-10(2)14(16)12-7-8-13(15)18-12/h3-8,10H,1-2H3. The molecule has 0 N–H and O–H groups in total. The highest BCUT2D eigenvalue weighted by Crippen LogP contribution is 2.29. The number of ketones is 1. The summed E-state index contributed by atoms with van der Waals surface area (Å²) in [5.74, 6) is 0.137. The number of thioether (sulfide) groups is 1. The van der Waals surface area contributed by atoms with Crippen molar-refractivity contribution in [2.75, 3.05) is 0 Å². The zero-order valence-electron chi connectivity index (χ0n) is 10.1. The maximum absolute atomic E-state index is 12.2. The predicted octanol–water partition coefficient (Wildman–Crippen LogP) is 5.07. The van der Waals surface area contributed by atoms with Crippen LogP contribution in [0.2, 0.25) is 4.34 Å². The van der Waals surface area contributed by atoms with E-state index in [1.807, 2.05) is 19.1 Å². The zero-order valence-corrected chi connectivity index (χ0v) is 12.5. The van der Waals surface area contributed by atoms with Crippen molar-refractivity contribution in [3.05, 3.63) is 51.2 Å². The number of rotatable bonds is 4. The van der Waals surface area contributed by atoms with Gasteiger partial charge in [0.25, 0.3) is 0 Å². The number of halogens is 1. The summed E-state index contributed by atoms with van der Waals surface area (Å²) in [6, 6.07) is 11.8. The quantitative estimate of drug-likeness (QED) is 0.578. The largest absolute Gasteiger partial charge is 0.292 e. The molecule has 0 radical (unpaired) electrons. The third kappa shape index (κ3) is 3.37. The van der Waals surface area contributed by atoms with E-state index in [-0.39, 0.29) is 11.0 Å². The fraction of sp³-hybridized carbons (Fsp3) is 0.214. The van der Waals surface area contributed by atoms with Gasteiger partial charge in [-0.3, -0.25) is 4.79 Å². The van der Waals surface area contributed by atoms with Crippen LogP contribution < -0.4 is 0 Å². The van der Waals surface area contributed by atoms with Crippen LogP contribution in [0.3, 0.4) is 0 Å². The number of Topliss-reactive ketones (excluding diaryl/α,β-unsaturated/α-hetero) is 1. The van der Waals surface area contributed by atoms with E-state index in [2.05, 4.69) is 19.1 Å². The Bertz CT molecular complexity index is 545. The number of benzene rings is 1. The van der Waals surface area contributed by atoms with Crippen LogP contribution >= 0.6 is 34.7 Å². The van der Waals surface area contributed by atoms with Crippen molar-refractivity contribution in [1.82, 2.24) is 0 Å². The van der Waals surface area contributed by atoms with Crippen LogP contribution in [0.25, 0.3) is 0 Å². The summed E-state index contributed by atoms with van der Waals surface area (Å²) in [5.41, 5.74) is 1.23. The molecule has 0 saturated heterocycles. The van der Waals surface area contributed by atoms with E-state index >= 15 is 0 Å². The van der Waals surface area contributed by atoms with E-state index < -0.39 is 0 Å². The molecule has 0 aliphatic heterocycles. The first-order valence-electron chi connectivity index (χ1n) is 5.59. The summed E-state index contributed by atoms with van der Waals surface area (Å²) in [7, 11) is 0. The summed E-state index contributed by atoms with van der Waals surface area (Å²) < 4.78 is 0.658. The van der Waals surface area contributed by atoms with E-state index in [9.17, 15) is 4.79 Å². The summed E-state index contributed by atoms with van der Waals surface area (Å²) in [5, 5.41) is -0.0950. The minimum Gasteiger partial charge on any atom is -0.292 e. The molecule has 1 unspecified atom stereocenters. The average molecular weight is 297 g/mol. The van der Waals surface area contributed by atoms with E-state index in [0.717, 1.165) is 9.77 Å². The van der Waals surface area contributed by atoms with Gasteiger partial charge in [-0.15, -0.1) is 23.1 Å². The highest BCUT2D eigenvalue weighted by atomic mass is 35.5. The Balaban J connectivity index is 2.05. The van der Waals surface area contributed by atoms with Gasteiger partial charge in [0.2, 0.25) is 0 Å². The lowest BCUT2D eigenvalue weighted by Crippen LogP contribution is -2.11. The predicted molar refractivity (Wildman–Crippen MR) is 80.2 cm³/mol. The second kappa shape index (κ2) is 5.91. The first kappa shape index (κ1) is 13.7. The SMILES string of the molecule is Cc1ccc(SC(C)C(=O)c2ccc(Cl)s2)cc1. The Hall–Kier alpha value is -0.770. The second-order valence-electron chi connectivity index (χ2n) is 4.04.